The number of nitrogens with zero attached hydrogens (tertiary/aromatic N) is 3. The second-order valence-corrected chi connectivity index (χ2v) is 8.01. The van der Waals surface area contributed by atoms with Crippen LogP contribution in [0, 0.1) is 0 Å². The van der Waals surface area contributed by atoms with E-state index in [-0.39, 0.29) is 29.3 Å². The van der Waals surface area contributed by atoms with E-state index in [1.807, 2.05) is 6.07 Å². The summed E-state index contributed by atoms with van der Waals surface area (Å²) in [5, 5.41) is 13.1. The highest BCUT2D eigenvalue weighted by Crippen LogP contribution is 2.40. The number of hydrogen-bond donors (Lipinski definition) is 4. The molecule has 4 N–H and O–H groups in total. The Hall–Kier alpha value is -2.52. The number of aromatic nitrogens is 3. The molecule has 3 aliphatic rings. The smallest absolute Gasteiger partial charge is 0.268 e. The van der Waals surface area contributed by atoms with Crippen molar-refractivity contribution in [3.05, 3.63) is 18.0 Å². The second kappa shape index (κ2) is 6.82. The monoisotopic (exact) mass is 383 g/mol. The summed E-state index contributed by atoms with van der Waals surface area (Å²) in [5.74, 6) is 0.0575. The van der Waals surface area contributed by atoms with Gasteiger partial charge in [0.05, 0.1) is 11.6 Å². The van der Waals surface area contributed by atoms with Gasteiger partial charge < -0.3 is 20.5 Å². The molecule has 1 saturated heterocycles. The minimum Gasteiger partial charge on any atom is -0.348 e. The maximum atomic E-state index is 12.5. The molecule has 5 rings (SSSR count). The van der Waals surface area contributed by atoms with Gasteiger partial charge in [-0.05, 0) is 18.9 Å². The first-order chi connectivity index (χ1) is 13.7. The highest BCUT2D eigenvalue weighted by molar-refractivity contribution is 5.99. The van der Waals surface area contributed by atoms with E-state index in [1.54, 1.807) is 6.20 Å². The molecular formula is C19H25N7O2. The summed E-state index contributed by atoms with van der Waals surface area (Å²) in [7, 11) is 0. The van der Waals surface area contributed by atoms with E-state index >= 15 is 0 Å². The van der Waals surface area contributed by atoms with E-state index in [2.05, 4.69) is 35.8 Å². The number of carbonyl (C=O) groups is 2. The Morgan fingerprint density at radius 2 is 2.11 bits per heavy atom. The van der Waals surface area contributed by atoms with Crippen LogP contribution in [0.15, 0.2) is 12.3 Å². The third-order valence-electron chi connectivity index (χ3n) is 6.20. The number of carbonyl (C=O) groups excluding carboxylic acids is 2. The van der Waals surface area contributed by atoms with Crippen molar-refractivity contribution in [2.75, 3.05) is 31.5 Å². The standard InChI is InChI=1S/C19H25N7O2/c27-16(13-10-20-6-7-21-13)25-18-22-9-12-8-14-17(28)23-11-19(4-2-1-3-5-19)26(14)15(12)24-18/h8-9,13,20-21H,1-7,10-11H2,(H,23,28)(H,22,24,25,27). The van der Waals surface area contributed by atoms with Gasteiger partial charge in [0.25, 0.3) is 5.91 Å². The number of hydrogen-bond acceptors (Lipinski definition) is 6. The highest BCUT2D eigenvalue weighted by atomic mass is 16.2. The van der Waals surface area contributed by atoms with Crippen LogP contribution in [0.1, 0.15) is 42.6 Å². The topological polar surface area (TPSA) is 113 Å². The highest BCUT2D eigenvalue weighted by Gasteiger charge is 2.41. The number of anilines is 1. The van der Waals surface area contributed by atoms with E-state index in [9.17, 15) is 9.59 Å². The molecule has 2 aromatic heterocycles. The Kier molecular flexibility index (Phi) is 4.28. The molecule has 9 heteroatoms. The van der Waals surface area contributed by atoms with Gasteiger partial charge in [-0.15, -0.1) is 0 Å². The molecule has 2 fully saturated rings. The molecule has 28 heavy (non-hydrogen) atoms. The lowest BCUT2D eigenvalue weighted by Crippen LogP contribution is -2.54. The molecule has 1 atom stereocenters. The number of amides is 2. The van der Waals surface area contributed by atoms with Crippen LogP contribution in [0.4, 0.5) is 5.95 Å². The maximum Gasteiger partial charge on any atom is 0.268 e. The van der Waals surface area contributed by atoms with Crippen LogP contribution in [-0.2, 0) is 10.3 Å². The first kappa shape index (κ1) is 17.6. The van der Waals surface area contributed by atoms with Gasteiger partial charge in [-0.25, -0.2) is 4.98 Å². The molecule has 4 heterocycles. The van der Waals surface area contributed by atoms with Crippen LogP contribution >= 0.6 is 0 Å². The van der Waals surface area contributed by atoms with Crippen molar-refractivity contribution in [3.8, 4) is 0 Å². The number of fused-ring (bicyclic) bond motifs is 4. The van der Waals surface area contributed by atoms with Crippen LogP contribution in [-0.4, -0.2) is 58.6 Å². The van der Waals surface area contributed by atoms with Gasteiger partial charge in [0.1, 0.15) is 11.3 Å². The summed E-state index contributed by atoms with van der Waals surface area (Å²) in [6, 6.07) is 1.56. The van der Waals surface area contributed by atoms with Crippen LogP contribution in [0.2, 0.25) is 0 Å². The fraction of sp³-hybridized carbons (Fsp3) is 0.579. The third kappa shape index (κ3) is 2.85. The normalized spacial score (nSPS) is 24.0. The number of piperazine rings is 1. The van der Waals surface area contributed by atoms with E-state index in [0.29, 0.717) is 18.8 Å². The van der Waals surface area contributed by atoms with Crippen molar-refractivity contribution in [2.24, 2.45) is 0 Å². The lowest BCUT2D eigenvalue weighted by Gasteiger charge is -2.42. The van der Waals surface area contributed by atoms with Crippen molar-refractivity contribution in [1.82, 2.24) is 30.5 Å². The summed E-state index contributed by atoms with van der Waals surface area (Å²) in [6.07, 6.45) is 7.25. The zero-order valence-corrected chi connectivity index (χ0v) is 15.8. The van der Waals surface area contributed by atoms with Gasteiger partial charge in [0, 0.05) is 37.8 Å². The largest absolute Gasteiger partial charge is 0.348 e. The van der Waals surface area contributed by atoms with E-state index in [1.165, 1.54) is 6.42 Å². The lowest BCUT2D eigenvalue weighted by atomic mass is 9.80. The molecule has 148 valence electrons. The minimum atomic E-state index is -0.301. The maximum absolute atomic E-state index is 12.5. The Labute approximate surface area is 162 Å². The average molecular weight is 383 g/mol. The first-order valence-electron chi connectivity index (χ1n) is 10.1. The molecule has 0 bridgehead atoms. The van der Waals surface area contributed by atoms with Crippen LogP contribution in [0.25, 0.3) is 11.0 Å². The van der Waals surface area contributed by atoms with E-state index in [4.69, 9.17) is 0 Å². The number of nitrogens with one attached hydrogen (secondary N) is 4. The Balaban J connectivity index is 1.52. The van der Waals surface area contributed by atoms with Gasteiger partial charge in [-0.3, -0.25) is 14.9 Å². The molecule has 1 aliphatic carbocycles. The number of rotatable bonds is 2. The molecule has 1 spiro atoms. The van der Waals surface area contributed by atoms with Crippen molar-refractivity contribution in [1.29, 1.82) is 0 Å². The minimum absolute atomic E-state index is 0.0720. The zero-order valence-electron chi connectivity index (χ0n) is 15.8. The van der Waals surface area contributed by atoms with E-state index in [0.717, 1.165) is 49.8 Å². The molecule has 1 saturated carbocycles. The predicted molar refractivity (Wildman–Crippen MR) is 104 cm³/mol. The average Bonchev–Trinajstić information content (AvgIpc) is 3.13. The Bertz CT molecular complexity index is 926. The van der Waals surface area contributed by atoms with Crippen molar-refractivity contribution >= 4 is 28.8 Å². The fourth-order valence-corrected chi connectivity index (χ4v) is 4.76. The summed E-state index contributed by atoms with van der Waals surface area (Å²) in [5.41, 5.74) is 1.24. The third-order valence-corrected chi connectivity index (χ3v) is 6.20. The van der Waals surface area contributed by atoms with Gasteiger partial charge in [-0.1, -0.05) is 19.3 Å². The molecule has 2 amide bonds. The molecule has 2 aromatic rings. The summed E-state index contributed by atoms with van der Waals surface area (Å²) in [6.45, 7) is 2.82. The van der Waals surface area contributed by atoms with Gasteiger partial charge in [0.15, 0.2) is 0 Å². The molecular weight excluding hydrogens is 358 g/mol. The Morgan fingerprint density at radius 3 is 2.89 bits per heavy atom. The fourth-order valence-electron chi connectivity index (χ4n) is 4.76. The summed E-state index contributed by atoms with van der Waals surface area (Å²) in [4.78, 5) is 34.0. The predicted octanol–water partition coefficient (Wildman–Crippen LogP) is 0.334. The second-order valence-electron chi connectivity index (χ2n) is 8.01. The van der Waals surface area contributed by atoms with Crippen LogP contribution in [0.3, 0.4) is 0 Å². The van der Waals surface area contributed by atoms with Crippen LogP contribution in [0.5, 0.6) is 0 Å². The molecule has 9 nitrogen and oxygen atoms in total. The Morgan fingerprint density at radius 1 is 1.25 bits per heavy atom. The molecule has 2 aliphatic heterocycles. The van der Waals surface area contributed by atoms with Gasteiger partial charge >= 0.3 is 0 Å². The molecule has 1 unspecified atom stereocenters. The van der Waals surface area contributed by atoms with Crippen molar-refractivity contribution in [3.63, 3.8) is 0 Å². The molecule has 0 radical (unpaired) electrons. The zero-order chi connectivity index (χ0) is 19.1. The van der Waals surface area contributed by atoms with E-state index < -0.39 is 0 Å². The van der Waals surface area contributed by atoms with Crippen molar-refractivity contribution in [2.45, 2.75) is 43.7 Å². The quantitative estimate of drug-likeness (QED) is 0.595. The summed E-state index contributed by atoms with van der Waals surface area (Å²) < 4.78 is 2.11. The first-order valence-corrected chi connectivity index (χ1v) is 10.1. The van der Waals surface area contributed by atoms with Gasteiger partial charge in [-0.2, -0.15) is 4.98 Å². The molecule has 0 aromatic carbocycles. The van der Waals surface area contributed by atoms with Crippen LogP contribution < -0.4 is 21.3 Å². The van der Waals surface area contributed by atoms with Gasteiger partial charge in [0.2, 0.25) is 11.9 Å². The lowest BCUT2D eigenvalue weighted by molar-refractivity contribution is -0.118. The summed E-state index contributed by atoms with van der Waals surface area (Å²) >= 11 is 0. The van der Waals surface area contributed by atoms with Crippen molar-refractivity contribution < 1.29 is 9.59 Å². The SMILES string of the molecule is O=C1NCC2(CCCCC2)n2c1cc1cnc(NC(=O)C3CNCCN3)nc12.